The largest absolute Gasteiger partial charge is 0.233 e. The van der Waals surface area contributed by atoms with E-state index in [9.17, 15) is 5.11 Å². The van der Waals surface area contributed by atoms with Gasteiger partial charge in [0.15, 0.2) is 0 Å². The van der Waals surface area contributed by atoms with Crippen LogP contribution in [0.4, 0.5) is 0 Å². The van der Waals surface area contributed by atoms with E-state index in [-0.39, 0.29) is 6.10 Å². The fraction of sp³-hybridized carbons (Fsp3) is 0.750. The van der Waals surface area contributed by atoms with Crippen molar-refractivity contribution in [3.63, 3.8) is 0 Å². The summed E-state index contributed by atoms with van der Waals surface area (Å²) >= 11 is 0. The van der Waals surface area contributed by atoms with Crippen LogP contribution in [-0.2, 0) is 5.11 Å². The molecule has 0 fully saturated rings. The van der Waals surface area contributed by atoms with Crippen molar-refractivity contribution in [3.05, 3.63) is 0 Å². The maximum absolute atomic E-state index is 10.9. The summed E-state index contributed by atoms with van der Waals surface area (Å²) in [5, 5.41) is 10.9. The van der Waals surface area contributed by atoms with Crippen LogP contribution in [0.15, 0.2) is 0 Å². The molecule has 49 valence electrons. The highest BCUT2D eigenvalue weighted by Crippen LogP contribution is 2.08. The van der Waals surface area contributed by atoms with Crippen molar-refractivity contribution >= 4 is 0 Å². The van der Waals surface area contributed by atoms with Gasteiger partial charge in [-0.3, -0.25) is 0 Å². The van der Waals surface area contributed by atoms with Crippen molar-refractivity contribution < 1.29 is 5.11 Å². The number of hydrogen-bond donors (Lipinski definition) is 0. The van der Waals surface area contributed by atoms with Crippen molar-refractivity contribution in [3.8, 4) is 11.8 Å². The molecule has 1 heteroatoms. The standard InChI is InChI=1S/C8H11O/c9-8-6-4-2-1-3-5-7-8/h8H,2,4-7H2. The lowest BCUT2D eigenvalue weighted by Gasteiger charge is -2.05. The first kappa shape index (κ1) is 6.64. The lowest BCUT2D eigenvalue weighted by molar-refractivity contribution is 0.0731. The van der Waals surface area contributed by atoms with E-state index < -0.39 is 0 Å². The van der Waals surface area contributed by atoms with Crippen molar-refractivity contribution in [1.82, 2.24) is 0 Å². The van der Waals surface area contributed by atoms with Gasteiger partial charge in [0, 0.05) is 12.8 Å². The van der Waals surface area contributed by atoms with Crippen molar-refractivity contribution in [1.29, 1.82) is 0 Å². The third-order valence-electron chi connectivity index (χ3n) is 1.54. The minimum absolute atomic E-state index is 0.334. The quantitative estimate of drug-likeness (QED) is 0.437. The van der Waals surface area contributed by atoms with Gasteiger partial charge in [0.2, 0.25) is 0 Å². The topological polar surface area (TPSA) is 19.9 Å². The molecule has 0 saturated heterocycles. The van der Waals surface area contributed by atoms with Gasteiger partial charge in [-0.15, -0.1) is 11.8 Å². The lowest BCUT2D eigenvalue weighted by atomic mass is 10.1. The minimum Gasteiger partial charge on any atom is -0.233 e. The molecule has 1 radical (unpaired) electrons. The molecule has 9 heavy (non-hydrogen) atoms. The molecule has 1 atom stereocenters. The van der Waals surface area contributed by atoms with Crippen LogP contribution in [0.2, 0.25) is 0 Å². The van der Waals surface area contributed by atoms with Crippen LogP contribution in [0.1, 0.15) is 32.1 Å². The van der Waals surface area contributed by atoms with Crippen LogP contribution in [0.5, 0.6) is 0 Å². The molecule has 0 saturated carbocycles. The van der Waals surface area contributed by atoms with Crippen LogP contribution in [-0.4, -0.2) is 6.10 Å². The average molecular weight is 123 g/mol. The fourth-order valence-electron chi connectivity index (χ4n) is 0.972. The molecule has 0 aliphatic heterocycles. The van der Waals surface area contributed by atoms with Crippen molar-refractivity contribution in [2.45, 2.75) is 38.2 Å². The first-order valence-electron chi connectivity index (χ1n) is 3.51. The van der Waals surface area contributed by atoms with E-state index in [0.717, 1.165) is 32.1 Å². The molecule has 0 spiro atoms. The average Bonchev–Trinajstić information content (AvgIpc) is 1.79. The Hall–Kier alpha value is -0.480. The van der Waals surface area contributed by atoms with Crippen LogP contribution in [0.3, 0.4) is 0 Å². The zero-order valence-electron chi connectivity index (χ0n) is 5.52. The zero-order chi connectivity index (χ0) is 6.53. The summed E-state index contributed by atoms with van der Waals surface area (Å²) in [4.78, 5) is 0. The maximum Gasteiger partial charge on any atom is 0.0939 e. The summed E-state index contributed by atoms with van der Waals surface area (Å²) in [5.41, 5.74) is 0. The van der Waals surface area contributed by atoms with Gasteiger partial charge in [-0.1, -0.05) is 0 Å². The van der Waals surface area contributed by atoms with E-state index in [2.05, 4.69) is 11.8 Å². The molecule has 0 aromatic carbocycles. The summed E-state index contributed by atoms with van der Waals surface area (Å²) in [6.45, 7) is 0. The zero-order valence-corrected chi connectivity index (χ0v) is 5.52. The van der Waals surface area contributed by atoms with E-state index in [4.69, 9.17) is 0 Å². The Morgan fingerprint density at radius 3 is 2.78 bits per heavy atom. The summed E-state index contributed by atoms with van der Waals surface area (Å²) in [6.07, 6.45) is 4.00. The molecule has 1 aliphatic carbocycles. The highest BCUT2D eigenvalue weighted by molar-refractivity contribution is 5.00. The second-order valence-electron chi connectivity index (χ2n) is 2.41. The Labute approximate surface area is 56.1 Å². The molecule has 0 aromatic rings. The summed E-state index contributed by atoms with van der Waals surface area (Å²) < 4.78 is 0. The van der Waals surface area contributed by atoms with Gasteiger partial charge in [0.25, 0.3) is 0 Å². The van der Waals surface area contributed by atoms with Crippen LogP contribution >= 0.6 is 0 Å². The van der Waals surface area contributed by atoms with E-state index in [1.165, 1.54) is 0 Å². The molecule has 0 bridgehead atoms. The molecule has 0 N–H and O–H groups in total. The summed E-state index contributed by atoms with van der Waals surface area (Å²) in [5.74, 6) is 5.99. The van der Waals surface area contributed by atoms with Gasteiger partial charge in [0.05, 0.1) is 6.10 Å². The monoisotopic (exact) mass is 123 g/mol. The summed E-state index contributed by atoms with van der Waals surface area (Å²) in [6, 6.07) is 0. The van der Waals surface area contributed by atoms with Gasteiger partial charge < -0.3 is 0 Å². The highest BCUT2D eigenvalue weighted by atomic mass is 16.3. The highest BCUT2D eigenvalue weighted by Gasteiger charge is 2.04. The SMILES string of the molecule is [O]C1CCC#CCCC1. The second-order valence-corrected chi connectivity index (χ2v) is 2.41. The third kappa shape index (κ3) is 2.53. The Morgan fingerprint density at radius 1 is 1.11 bits per heavy atom. The molecule has 0 amide bonds. The minimum atomic E-state index is -0.334. The predicted molar refractivity (Wildman–Crippen MR) is 35.3 cm³/mol. The lowest BCUT2D eigenvalue weighted by Crippen LogP contribution is -2.04. The molecular formula is C8H11O. The van der Waals surface area contributed by atoms with Crippen LogP contribution in [0.25, 0.3) is 0 Å². The van der Waals surface area contributed by atoms with Crippen molar-refractivity contribution in [2.24, 2.45) is 0 Å². The molecular weight excluding hydrogens is 112 g/mol. The maximum atomic E-state index is 10.9. The van der Waals surface area contributed by atoms with E-state index in [1.807, 2.05) is 0 Å². The summed E-state index contributed by atoms with van der Waals surface area (Å²) in [7, 11) is 0. The van der Waals surface area contributed by atoms with Gasteiger partial charge in [-0.2, -0.15) is 0 Å². The molecule has 1 unspecified atom stereocenters. The third-order valence-corrected chi connectivity index (χ3v) is 1.54. The van der Waals surface area contributed by atoms with E-state index in [1.54, 1.807) is 0 Å². The Kier molecular flexibility index (Phi) is 2.60. The van der Waals surface area contributed by atoms with E-state index >= 15 is 0 Å². The molecule has 1 rings (SSSR count). The predicted octanol–water partition coefficient (Wildman–Crippen LogP) is 1.75. The Morgan fingerprint density at radius 2 is 1.89 bits per heavy atom. The smallest absolute Gasteiger partial charge is 0.0939 e. The first-order valence-corrected chi connectivity index (χ1v) is 3.51. The fourth-order valence-corrected chi connectivity index (χ4v) is 0.972. The number of rotatable bonds is 0. The first-order chi connectivity index (χ1) is 4.39. The van der Waals surface area contributed by atoms with Gasteiger partial charge in [-0.05, 0) is 19.3 Å². The van der Waals surface area contributed by atoms with E-state index in [0.29, 0.717) is 0 Å². The van der Waals surface area contributed by atoms with Gasteiger partial charge in [-0.25, -0.2) is 5.11 Å². The van der Waals surface area contributed by atoms with Crippen LogP contribution < -0.4 is 0 Å². The molecule has 1 nitrogen and oxygen atoms in total. The molecule has 0 heterocycles. The number of hydrogen-bond acceptors (Lipinski definition) is 0. The molecule has 0 aromatic heterocycles. The Bertz CT molecular complexity index is 129. The van der Waals surface area contributed by atoms with Gasteiger partial charge in [0.1, 0.15) is 0 Å². The van der Waals surface area contributed by atoms with Crippen molar-refractivity contribution in [2.75, 3.05) is 0 Å². The normalized spacial score (nSPS) is 27.4. The second kappa shape index (κ2) is 3.53. The molecule has 1 aliphatic rings. The Balaban J connectivity index is 2.32. The van der Waals surface area contributed by atoms with Gasteiger partial charge >= 0.3 is 0 Å². The van der Waals surface area contributed by atoms with Crippen LogP contribution in [0, 0.1) is 11.8 Å².